The van der Waals surface area contributed by atoms with Crippen LogP contribution in [0.3, 0.4) is 0 Å². The van der Waals surface area contributed by atoms with E-state index in [2.05, 4.69) is 6.58 Å². The molecule has 1 atom stereocenters. The molecule has 132 valence electrons. The van der Waals surface area contributed by atoms with Gasteiger partial charge in [-0.05, 0) is 23.8 Å². The molecule has 0 N–H and O–H groups in total. The molecule has 1 aliphatic rings. The number of hydrogen-bond donors (Lipinski definition) is 0. The topological polar surface area (TPSA) is 72.9 Å². The van der Waals surface area contributed by atoms with E-state index in [1.54, 1.807) is 36.4 Å². The number of methoxy groups -OCH3 is 2. The van der Waals surface area contributed by atoms with Crippen LogP contribution in [0.25, 0.3) is 0 Å². The van der Waals surface area contributed by atoms with E-state index in [0.29, 0.717) is 17.0 Å². The summed E-state index contributed by atoms with van der Waals surface area (Å²) in [4.78, 5) is 38.6. The van der Waals surface area contributed by atoms with Gasteiger partial charge in [0.2, 0.25) is 0 Å². The number of anilines is 1. The summed E-state index contributed by atoms with van der Waals surface area (Å²) in [6.45, 7) is 3.81. The van der Waals surface area contributed by atoms with E-state index in [4.69, 9.17) is 9.47 Å². The Morgan fingerprint density at radius 2 is 1.77 bits per heavy atom. The van der Waals surface area contributed by atoms with Gasteiger partial charge in [-0.25, -0.2) is 4.79 Å². The molecule has 2 aromatic carbocycles. The van der Waals surface area contributed by atoms with Gasteiger partial charge in [-0.2, -0.15) is 0 Å². The quantitative estimate of drug-likeness (QED) is 0.470. The van der Waals surface area contributed by atoms with Crippen LogP contribution in [-0.4, -0.2) is 31.9 Å². The summed E-state index contributed by atoms with van der Waals surface area (Å²) < 4.78 is 9.91. The third kappa shape index (κ3) is 2.75. The normalized spacial score (nSPS) is 14.0. The first-order chi connectivity index (χ1) is 12.5. The predicted octanol–water partition coefficient (Wildman–Crippen LogP) is 2.70. The number of carbonyl (C=O) groups excluding carboxylic acids is 3. The molecule has 0 fully saturated rings. The van der Waals surface area contributed by atoms with Gasteiger partial charge >= 0.3 is 5.97 Å². The average Bonchev–Trinajstić information content (AvgIpc) is 2.93. The molecular formula is C20H17NO5. The Labute approximate surface area is 150 Å². The summed E-state index contributed by atoms with van der Waals surface area (Å²) in [5.74, 6) is -1.57. The van der Waals surface area contributed by atoms with Crippen molar-refractivity contribution in [3.63, 3.8) is 0 Å². The number of ether oxygens (including phenoxy) is 2. The van der Waals surface area contributed by atoms with Gasteiger partial charge in [-0.15, -0.1) is 0 Å². The van der Waals surface area contributed by atoms with Crippen molar-refractivity contribution in [1.29, 1.82) is 0 Å². The molecule has 0 saturated heterocycles. The van der Waals surface area contributed by atoms with E-state index in [1.165, 1.54) is 25.2 Å². The van der Waals surface area contributed by atoms with Crippen molar-refractivity contribution < 1.29 is 23.9 Å². The van der Waals surface area contributed by atoms with Crippen LogP contribution in [0.5, 0.6) is 5.75 Å². The fourth-order valence-corrected chi connectivity index (χ4v) is 3.01. The van der Waals surface area contributed by atoms with Crippen molar-refractivity contribution in [3.8, 4) is 5.75 Å². The number of nitrogens with zero attached hydrogens (tertiary/aromatic N) is 1. The largest absolute Gasteiger partial charge is 0.497 e. The summed E-state index contributed by atoms with van der Waals surface area (Å²) in [6.07, 6.45) is 0. The second-order valence-electron chi connectivity index (χ2n) is 5.72. The third-order valence-corrected chi connectivity index (χ3v) is 4.27. The van der Waals surface area contributed by atoms with E-state index in [1.807, 2.05) is 6.07 Å². The van der Waals surface area contributed by atoms with Crippen LogP contribution in [0, 0.1) is 0 Å². The summed E-state index contributed by atoms with van der Waals surface area (Å²) in [6, 6.07) is 12.8. The lowest BCUT2D eigenvalue weighted by Gasteiger charge is -2.29. The maximum atomic E-state index is 12.7. The first-order valence-corrected chi connectivity index (χ1v) is 7.87. The van der Waals surface area contributed by atoms with Crippen molar-refractivity contribution in [3.05, 3.63) is 71.8 Å². The Hall–Kier alpha value is -3.41. The fourth-order valence-electron chi connectivity index (χ4n) is 3.01. The zero-order valence-electron chi connectivity index (χ0n) is 14.4. The second kappa shape index (κ2) is 6.84. The van der Waals surface area contributed by atoms with Gasteiger partial charge in [0.25, 0.3) is 11.7 Å². The molecule has 6 nitrogen and oxygen atoms in total. The SMILES string of the molecule is C=C(C(=O)OC)[C@H](c1ccccc1)N1C(=O)C(=O)c2cc(OC)ccc21. The molecule has 6 heteroatoms. The predicted molar refractivity (Wildman–Crippen MR) is 95.1 cm³/mol. The molecule has 2 aromatic rings. The monoisotopic (exact) mass is 351 g/mol. The van der Waals surface area contributed by atoms with Crippen molar-refractivity contribution in [2.75, 3.05) is 19.1 Å². The number of benzene rings is 2. The van der Waals surface area contributed by atoms with E-state index < -0.39 is 23.7 Å². The average molecular weight is 351 g/mol. The van der Waals surface area contributed by atoms with Crippen LogP contribution < -0.4 is 9.64 Å². The molecule has 0 aromatic heterocycles. The van der Waals surface area contributed by atoms with Gasteiger partial charge in [0.15, 0.2) is 0 Å². The highest BCUT2D eigenvalue weighted by atomic mass is 16.5. The number of esters is 1. The molecule has 1 amide bonds. The lowest BCUT2D eigenvalue weighted by atomic mass is 9.97. The standard InChI is InChI=1S/C20H17NO5/c1-12(20(24)26-3)17(13-7-5-4-6-8-13)21-16-10-9-14(25-2)11-15(16)18(22)19(21)23/h4-11,17H,1H2,2-3H3/t17-/m1/s1. The van der Waals surface area contributed by atoms with Gasteiger partial charge in [0.05, 0.1) is 37.1 Å². The number of carbonyl (C=O) groups is 3. The fraction of sp³-hybridized carbons (Fsp3) is 0.150. The molecule has 1 heterocycles. The maximum Gasteiger partial charge on any atom is 0.335 e. The maximum absolute atomic E-state index is 12.7. The molecule has 0 unspecified atom stereocenters. The summed E-state index contributed by atoms with van der Waals surface area (Å²) in [5, 5.41) is 0. The zero-order valence-corrected chi connectivity index (χ0v) is 14.4. The van der Waals surface area contributed by atoms with Gasteiger partial charge in [0.1, 0.15) is 5.75 Å². The van der Waals surface area contributed by atoms with Crippen LogP contribution in [0.2, 0.25) is 0 Å². The highest BCUT2D eigenvalue weighted by molar-refractivity contribution is 6.52. The molecule has 0 saturated carbocycles. The number of hydrogen-bond acceptors (Lipinski definition) is 5. The smallest absolute Gasteiger partial charge is 0.335 e. The van der Waals surface area contributed by atoms with Crippen LogP contribution in [0.1, 0.15) is 22.0 Å². The highest BCUT2D eigenvalue weighted by Gasteiger charge is 2.42. The highest BCUT2D eigenvalue weighted by Crippen LogP contribution is 2.40. The minimum Gasteiger partial charge on any atom is -0.497 e. The lowest BCUT2D eigenvalue weighted by Crippen LogP contribution is -2.36. The number of ketones is 1. The summed E-state index contributed by atoms with van der Waals surface area (Å²) >= 11 is 0. The molecule has 0 aliphatic carbocycles. The third-order valence-electron chi connectivity index (χ3n) is 4.27. The molecule has 26 heavy (non-hydrogen) atoms. The molecule has 0 spiro atoms. The first-order valence-electron chi connectivity index (χ1n) is 7.87. The molecule has 3 rings (SSSR count). The summed E-state index contributed by atoms with van der Waals surface area (Å²) in [7, 11) is 2.72. The van der Waals surface area contributed by atoms with Crippen molar-refractivity contribution in [2.24, 2.45) is 0 Å². The first kappa shape index (κ1) is 17.4. The van der Waals surface area contributed by atoms with E-state index >= 15 is 0 Å². The Morgan fingerprint density at radius 1 is 1.08 bits per heavy atom. The Bertz CT molecular complexity index is 904. The zero-order chi connectivity index (χ0) is 18.8. The van der Waals surface area contributed by atoms with Crippen LogP contribution in [-0.2, 0) is 14.3 Å². The molecule has 1 aliphatic heterocycles. The molecule has 0 bridgehead atoms. The number of fused-ring (bicyclic) bond motifs is 1. The molecule has 0 radical (unpaired) electrons. The molecular weight excluding hydrogens is 334 g/mol. The van der Waals surface area contributed by atoms with Crippen LogP contribution >= 0.6 is 0 Å². The van der Waals surface area contributed by atoms with E-state index in [9.17, 15) is 14.4 Å². The van der Waals surface area contributed by atoms with Gasteiger partial charge < -0.3 is 9.47 Å². The number of rotatable bonds is 5. The van der Waals surface area contributed by atoms with E-state index in [0.717, 1.165) is 0 Å². The van der Waals surface area contributed by atoms with Crippen LogP contribution in [0.15, 0.2) is 60.7 Å². The Balaban J connectivity index is 2.16. The number of Topliss-reactive ketones (excluding diaryl/α,β-unsaturated/α-hetero) is 1. The minimum absolute atomic E-state index is 0.0588. The lowest BCUT2D eigenvalue weighted by molar-refractivity contribution is -0.136. The van der Waals surface area contributed by atoms with Gasteiger partial charge in [0, 0.05) is 0 Å². The minimum atomic E-state index is -0.852. The van der Waals surface area contributed by atoms with E-state index in [-0.39, 0.29) is 11.1 Å². The van der Waals surface area contributed by atoms with Crippen molar-refractivity contribution in [2.45, 2.75) is 6.04 Å². The summed E-state index contributed by atoms with van der Waals surface area (Å²) in [5.41, 5.74) is 1.34. The second-order valence-corrected chi connectivity index (χ2v) is 5.72. The Kier molecular flexibility index (Phi) is 4.58. The Morgan fingerprint density at radius 3 is 2.38 bits per heavy atom. The van der Waals surface area contributed by atoms with Gasteiger partial charge in [-0.1, -0.05) is 36.9 Å². The van der Waals surface area contributed by atoms with Crippen LogP contribution in [0.4, 0.5) is 5.69 Å². The number of amides is 1. The van der Waals surface area contributed by atoms with Crippen molar-refractivity contribution >= 4 is 23.3 Å². The van der Waals surface area contributed by atoms with Crippen molar-refractivity contribution in [1.82, 2.24) is 0 Å². The van der Waals surface area contributed by atoms with Gasteiger partial charge in [-0.3, -0.25) is 14.5 Å².